The Bertz CT molecular complexity index is 2540. The average Bonchev–Trinajstić information content (AvgIpc) is 3.92. The van der Waals surface area contributed by atoms with Gasteiger partial charge in [0.15, 0.2) is 5.78 Å². The van der Waals surface area contributed by atoms with E-state index in [9.17, 15) is 19.2 Å². The average molecular weight is 789 g/mol. The molecule has 1 aliphatic rings. The number of aromatic nitrogens is 8. The van der Waals surface area contributed by atoms with E-state index in [0.29, 0.717) is 90.9 Å². The van der Waals surface area contributed by atoms with Crippen LogP contribution in [0.4, 0.5) is 11.6 Å². The van der Waals surface area contributed by atoms with Gasteiger partial charge in [-0.25, -0.2) is 9.97 Å². The van der Waals surface area contributed by atoms with E-state index in [1.54, 1.807) is 34.8 Å². The lowest BCUT2D eigenvalue weighted by atomic mass is 10.0. The normalized spacial score (nSPS) is 14.7. The maximum atomic E-state index is 14.2. The Morgan fingerprint density at radius 3 is 2.38 bits per heavy atom. The number of carbonyl (C=O) groups is 4. The molecule has 0 aliphatic carbocycles. The number of carbonyl (C=O) groups excluding carboxylic acids is 4. The summed E-state index contributed by atoms with van der Waals surface area (Å²) in [6.45, 7) is 8.15. The van der Waals surface area contributed by atoms with Crippen molar-refractivity contribution in [2.45, 2.75) is 91.9 Å². The first-order chi connectivity index (χ1) is 27.8. The second kappa shape index (κ2) is 16.7. The predicted molar refractivity (Wildman–Crippen MR) is 222 cm³/mol. The molecular formula is C42H52N12O4. The van der Waals surface area contributed by atoms with Gasteiger partial charge < -0.3 is 24.7 Å². The molecule has 0 bridgehead atoms. The van der Waals surface area contributed by atoms with Gasteiger partial charge >= 0.3 is 0 Å². The number of ketones is 1. The fourth-order valence-corrected chi connectivity index (χ4v) is 7.97. The van der Waals surface area contributed by atoms with E-state index in [1.165, 1.54) is 0 Å². The van der Waals surface area contributed by atoms with Crippen molar-refractivity contribution in [2.75, 3.05) is 37.9 Å². The lowest BCUT2D eigenvalue weighted by Gasteiger charge is -2.20. The predicted octanol–water partition coefficient (Wildman–Crippen LogP) is 4.92. The van der Waals surface area contributed by atoms with Gasteiger partial charge in [0, 0.05) is 44.4 Å². The summed E-state index contributed by atoms with van der Waals surface area (Å²) in [5, 5.41) is 12.5. The van der Waals surface area contributed by atoms with Gasteiger partial charge in [-0.1, -0.05) is 12.5 Å². The molecule has 1 aliphatic heterocycles. The number of primary amides is 1. The Kier molecular flexibility index (Phi) is 11.6. The number of nitrogens with one attached hydrogen (secondary N) is 1. The zero-order valence-electron chi connectivity index (χ0n) is 34.2. The van der Waals surface area contributed by atoms with Crippen molar-refractivity contribution in [1.82, 2.24) is 43.6 Å². The van der Waals surface area contributed by atoms with E-state index < -0.39 is 5.91 Å². The molecule has 16 heteroatoms. The van der Waals surface area contributed by atoms with Gasteiger partial charge in [0.25, 0.3) is 5.91 Å². The molecule has 2 aromatic carbocycles. The van der Waals surface area contributed by atoms with Gasteiger partial charge in [-0.15, -0.1) is 0 Å². The van der Waals surface area contributed by atoms with E-state index in [2.05, 4.69) is 9.88 Å². The third kappa shape index (κ3) is 8.01. The minimum atomic E-state index is -0.563. The Morgan fingerprint density at radius 2 is 1.64 bits per heavy atom. The van der Waals surface area contributed by atoms with Crippen molar-refractivity contribution >= 4 is 57.2 Å². The number of fused-ring (bicyclic) bond motifs is 8. The van der Waals surface area contributed by atoms with Crippen molar-refractivity contribution in [3.8, 4) is 0 Å². The van der Waals surface area contributed by atoms with Crippen molar-refractivity contribution in [1.29, 1.82) is 0 Å². The van der Waals surface area contributed by atoms with E-state index in [4.69, 9.17) is 25.9 Å². The molecular weight excluding hydrogens is 737 g/mol. The zero-order valence-corrected chi connectivity index (χ0v) is 34.2. The van der Waals surface area contributed by atoms with Crippen LogP contribution < -0.4 is 16.0 Å². The van der Waals surface area contributed by atoms with Crippen molar-refractivity contribution in [3.63, 3.8) is 0 Å². The number of imidazole rings is 2. The zero-order chi connectivity index (χ0) is 41.2. The highest BCUT2D eigenvalue weighted by Gasteiger charge is 2.25. The molecule has 16 nitrogen and oxygen atoms in total. The Labute approximate surface area is 337 Å². The van der Waals surface area contributed by atoms with Crippen LogP contribution in [-0.2, 0) is 43.8 Å². The van der Waals surface area contributed by atoms with Crippen LogP contribution in [0.2, 0.25) is 0 Å². The molecule has 3 amide bonds. The summed E-state index contributed by atoms with van der Waals surface area (Å²) < 4.78 is 7.60. The molecule has 0 unspecified atom stereocenters. The third-order valence-electron chi connectivity index (χ3n) is 10.9. The number of Topliss-reactive ketones (excluding diaryl/α,β-unsaturated/α-hetero) is 1. The number of nitrogens with zero attached hydrogens (tertiary/aromatic N) is 10. The minimum absolute atomic E-state index is 0.0582. The molecule has 0 fully saturated rings. The molecule has 3 N–H and O–H groups in total. The second-order valence-corrected chi connectivity index (χ2v) is 15.4. The van der Waals surface area contributed by atoms with Crippen molar-refractivity contribution in [2.24, 2.45) is 5.73 Å². The van der Waals surface area contributed by atoms with Crippen LogP contribution in [0.5, 0.6) is 0 Å². The summed E-state index contributed by atoms with van der Waals surface area (Å²) in [4.78, 5) is 67.0. The molecule has 0 spiro atoms. The number of likely N-dealkylation sites (N-methyl/N-ethyl adjacent to an activating group) is 2. The van der Waals surface area contributed by atoms with Crippen molar-refractivity contribution < 1.29 is 19.2 Å². The van der Waals surface area contributed by atoms with Crippen LogP contribution >= 0.6 is 0 Å². The Balaban J connectivity index is 1.29. The van der Waals surface area contributed by atoms with Crippen LogP contribution in [0.25, 0.3) is 22.1 Å². The minimum Gasteiger partial charge on any atom is -0.366 e. The number of para-hydroxylation sites is 1. The fourth-order valence-electron chi connectivity index (χ4n) is 7.97. The summed E-state index contributed by atoms with van der Waals surface area (Å²) in [5.41, 5.74) is 12.9. The largest absolute Gasteiger partial charge is 0.366 e. The number of anilines is 2. The topological polar surface area (TPSA) is 184 Å². The van der Waals surface area contributed by atoms with Crippen LogP contribution in [0, 0.1) is 13.8 Å². The number of rotatable bonds is 5. The van der Waals surface area contributed by atoms with E-state index >= 15 is 0 Å². The van der Waals surface area contributed by atoms with E-state index in [0.717, 1.165) is 47.2 Å². The molecule has 58 heavy (non-hydrogen) atoms. The highest BCUT2D eigenvalue weighted by atomic mass is 16.2. The van der Waals surface area contributed by atoms with Gasteiger partial charge in [0.05, 0.1) is 46.6 Å². The molecule has 0 atom stereocenters. The monoisotopic (exact) mass is 788 g/mol. The van der Waals surface area contributed by atoms with Gasteiger partial charge in [-0.05, 0) is 103 Å². The summed E-state index contributed by atoms with van der Waals surface area (Å²) in [7, 11) is 5.46. The Hall–Kier alpha value is -6.16. The maximum Gasteiger partial charge on any atom is 0.276 e. The van der Waals surface area contributed by atoms with E-state index in [-0.39, 0.29) is 30.6 Å². The van der Waals surface area contributed by atoms with Crippen LogP contribution in [-0.4, -0.2) is 94.8 Å². The SMILES string of the molecule is CCn1nc(C)c2c1C(=O)Nc1nc3cc(C(N)=O)ccc3n1CCCCn1c(nc3c(N(C)C(=O)CN(C)C)cccc31)CC(=O)c1cc(C)nn1CCCCC2. The number of nitrogens with two attached hydrogens (primary N) is 1. The molecule has 7 rings (SSSR count). The highest BCUT2D eigenvalue weighted by Crippen LogP contribution is 2.29. The summed E-state index contributed by atoms with van der Waals surface area (Å²) in [5.74, 6) is -0.0542. The first-order valence-corrected chi connectivity index (χ1v) is 20.0. The first-order valence-electron chi connectivity index (χ1n) is 20.0. The molecule has 6 aromatic rings. The summed E-state index contributed by atoms with van der Waals surface area (Å²) >= 11 is 0. The number of benzene rings is 2. The Morgan fingerprint density at radius 1 is 0.879 bits per heavy atom. The van der Waals surface area contributed by atoms with Gasteiger partial charge in [-0.3, -0.25) is 33.9 Å². The lowest BCUT2D eigenvalue weighted by Crippen LogP contribution is -2.35. The summed E-state index contributed by atoms with van der Waals surface area (Å²) in [6, 6.07) is 12.7. The molecule has 4 aromatic heterocycles. The second-order valence-electron chi connectivity index (χ2n) is 15.4. The third-order valence-corrected chi connectivity index (χ3v) is 10.9. The van der Waals surface area contributed by atoms with Gasteiger partial charge in [-0.2, -0.15) is 10.2 Å². The number of hydrogen-bond acceptors (Lipinski definition) is 9. The van der Waals surface area contributed by atoms with Gasteiger partial charge in [0.1, 0.15) is 22.7 Å². The fraction of sp³-hybridized carbons (Fsp3) is 0.429. The molecule has 0 saturated heterocycles. The smallest absolute Gasteiger partial charge is 0.276 e. The number of amides is 3. The van der Waals surface area contributed by atoms with Crippen LogP contribution in [0.15, 0.2) is 42.5 Å². The van der Waals surface area contributed by atoms with E-state index in [1.807, 2.05) is 73.3 Å². The molecule has 0 saturated carbocycles. The van der Waals surface area contributed by atoms with Gasteiger partial charge in [0.2, 0.25) is 17.8 Å². The number of hydrogen-bond donors (Lipinski definition) is 2. The lowest BCUT2D eigenvalue weighted by molar-refractivity contribution is -0.118. The maximum absolute atomic E-state index is 14.2. The standard InChI is InChI=1S/C42H52N12O4/c1-7-53-39-29(27(3)48-53)14-9-8-10-21-54-34(22-26(2)47-54)35(55)24-36-45-38-32(50(6)37(56)25-49(4)5)15-13-16-33(38)51(36)19-11-12-20-52-31-18-17-28(40(43)57)23-30(31)44-42(52)46-41(39)58/h13,15-18,22-23H,7-12,14,19-21,24-25H2,1-6H3,(H2,43,57)(H,44,46,58). The van der Waals surface area contributed by atoms with Crippen molar-refractivity contribution in [3.05, 3.63) is 82.2 Å². The quantitative estimate of drug-likeness (QED) is 0.245. The van der Waals surface area contributed by atoms with Crippen LogP contribution in [0.1, 0.15) is 93.1 Å². The molecule has 0 radical (unpaired) electrons. The summed E-state index contributed by atoms with van der Waals surface area (Å²) in [6.07, 6.45) is 4.52. The number of aryl methyl sites for hydroxylation is 6. The van der Waals surface area contributed by atoms with Crippen LogP contribution in [0.3, 0.4) is 0 Å². The molecule has 5 heterocycles. The highest BCUT2D eigenvalue weighted by molar-refractivity contribution is 6.05. The first kappa shape index (κ1) is 40.1. The molecule has 304 valence electrons.